The van der Waals surface area contributed by atoms with E-state index in [-0.39, 0.29) is 5.25 Å². The molecule has 0 saturated carbocycles. The van der Waals surface area contributed by atoms with E-state index in [2.05, 4.69) is 10.2 Å². The third-order valence-corrected chi connectivity index (χ3v) is 6.03. The summed E-state index contributed by atoms with van der Waals surface area (Å²) in [6.07, 6.45) is 6.63. The fourth-order valence-electron chi connectivity index (χ4n) is 3.17. The highest BCUT2D eigenvalue weighted by atomic mass is 32.2. The van der Waals surface area contributed by atoms with Gasteiger partial charge in [0.1, 0.15) is 9.84 Å². The number of likely N-dealkylation sites (tertiary alicyclic amines) is 1. The molecule has 0 aromatic carbocycles. The van der Waals surface area contributed by atoms with Crippen molar-refractivity contribution in [3.8, 4) is 0 Å². The lowest BCUT2D eigenvalue weighted by atomic mass is 9.97. The lowest BCUT2D eigenvalue weighted by Gasteiger charge is -2.29. The van der Waals surface area contributed by atoms with Crippen LogP contribution in [0.1, 0.15) is 32.1 Å². The van der Waals surface area contributed by atoms with Crippen molar-refractivity contribution < 1.29 is 8.42 Å². The first-order valence-electron chi connectivity index (χ1n) is 7.17. The average molecular weight is 274 g/mol. The van der Waals surface area contributed by atoms with E-state index >= 15 is 0 Å². The van der Waals surface area contributed by atoms with E-state index in [1.165, 1.54) is 19.1 Å². The van der Waals surface area contributed by atoms with Gasteiger partial charge in [-0.15, -0.1) is 0 Å². The van der Waals surface area contributed by atoms with Crippen LogP contribution in [0.15, 0.2) is 0 Å². The molecule has 18 heavy (non-hydrogen) atoms. The normalized spacial score (nSPS) is 29.1. The third-order valence-electron chi connectivity index (χ3n) is 4.35. The molecule has 0 aromatic rings. The van der Waals surface area contributed by atoms with E-state index < -0.39 is 9.84 Å². The quantitative estimate of drug-likeness (QED) is 0.830. The minimum Gasteiger partial charge on any atom is -0.317 e. The Kier molecular flexibility index (Phi) is 5.04. The van der Waals surface area contributed by atoms with E-state index in [9.17, 15) is 8.42 Å². The zero-order chi connectivity index (χ0) is 13.0. The van der Waals surface area contributed by atoms with Crippen LogP contribution in [0.2, 0.25) is 0 Å². The Bertz CT molecular complexity index is 350. The van der Waals surface area contributed by atoms with Crippen molar-refractivity contribution in [2.75, 3.05) is 39.0 Å². The topological polar surface area (TPSA) is 49.4 Å². The summed E-state index contributed by atoms with van der Waals surface area (Å²) in [6, 6.07) is 0. The molecule has 2 aliphatic rings. The molecule has 2 saturated heterocycles. The maximum Gasteiger partial charge on any atom is 0.150 e. The van der Waals surface area contributed by atoms with Crippen LogP contribution in [0.4, 0.5) is 0 Å². The highest BCUT2D eigenvalue weighted by Gasteiger charge is 2.25. The van der Waals surface area contributed by atoms with Gasteiger partial charge in [-0.05, 0) is 64.2 Å². The van der Waals surface area contributed by atoms with Crippen molar-refractivity contribution in [2.24, 2.45) is 5.92 Å². The van der Waals surface area contributed by atoms with Gasteiger partial charge in [-0.25, -0.2) is 8.42 Å². The van der Waals surface area contributed by atoms with Crippen LogP contribution in [-0.4, -0.2) is 57.5 Å². The second-order valence-corrected chi connectivity index (χ2v) is 8.20. The summed E-state index contributed by atoms with van der Waals surface area (Å²) in [7, 11) is -2.84. The number of sulfone groups is 1. The first-order valence-corrected chi connectivity index (χ1v) is 9.13. The molecular formula is C13H26N2O2S. The Morgan fingerprint density at radius 1 is 1.11 bits per heavy atom. The van der Waals surface area contributed by atoms with Gasteiger partial charge in [-0.1, -0.05) is 0 Å². The summed E-state index contributed by atoms with van der Waals surface area (Å²) in [4.78, 5) is 2.49. The molecule has 2 fully saturated rings. The number of hydrogen-bond donors (Lipinski definition) is 1. The zero-order valence-corrected chi connectivity index (χ0v) is 12.2. The van der Waals surface area contributed by atoms with Crippen molar-refractivity contribution in [3.05, 3.63) is 0 Å². The molecule has 0 spiro atoms. The van der Waals surface area contributed by atoms with Crippen LogP contribution in [0.25, 0.3) is 0 Å². The monoisotopic (exact) mass is 274 g/mol. The van der Waals surface area contributed by atoms with E-state index in [1.807, 2.05) is 0 Å². The van der Waals surface area contributed by atoms with Crippen LogP contribution < -0.4 is 5.32 Å². The molecule has 1 atom stereocenters. The number of rotatable bonds is 3. The van der Waals surface area contributed by atoms with Crippen LogP contribution in [0.5, 0.6) is 0 Å². The van der Waals surface area contributed by atoms with Crippen molar-refractivity contribution in [1.82, 2.24) is 10.2 Å². The summed E-state index contributed by atoms with van der Waals surface area (Å²) < 4.78 is 23.2. The molecule has 5 heteroatoms. The Labute approximate surface area is 111 Å². The number of nitrogens with zero attached hydrogens (tertiary/aromatic N) is 1. The summed E-state index contributed by atoms with van der Waals surface area (Å²) in [6.45, 7) is 5.49. The molecule has 0 amide bonds. The lowest BCUT2D eigenvalue weighted by molar-refractivity contribution is 0.212. The van der Waals surface area contributed by atoms with E-state index in [1.54, 1.807) is 0 Å². The van der Waals surface area contributed by atoms with Gasteiger partial charge >= 0.3 is 0 Å². The highest BCUT2D eigenvalue weighted by Crippen LogP contribution is 2.20. The summed E-state index contributed by atoms with van der Waals surface area (Å²) in [5, 5.41) is 3.29. The Balaban J connectivity index is 1.81. The van der Waals surface area contributed by atoms with E-state index in [0.717, 1.165) is 57.9 Å². The molecule has 1 N–H and O–H groups in total. The van der Waals surface area contributed by atoms with Gasteiger partial charge in [0.05, 0.1) is 5.25 Å². The van der Waals surface area contributed by atoms with Crippen molar-refractivity contribution >= 4 is 9.84 Å². The second-order valence-electron chi connectivity index (χ2n) is 5.88. The van der Waals surface area contributed by atoms with E-state index in [0.29, 0.717) is 0 Å². The smallest absolute Gasteiger partial charge is 0.150 e. The fourth-order valence-corrected chi connectivity index (χ4v) is 4.29. The maximum atomic E-state index is 11.6. The Morgan fingerprint density at radius 2 is 1.83 bits per heavy atom. The lowest BCUT2D eigenvalue weighted by Crippen LogP contribution is -2.36. The minimum absolute atomic E-state index is 0.101. The number of hydrogen-bond acceptors (Lipinski definition) is 4. The maximum absolute atomic E-state index is 11.6. The van der Waals surface area contributed by atoms with Crippen molar-refractivity contribution in [3.63, 3.8) is 0 Å². The van der Waals surface area contributed by atoms with Gasteiger partial charge in [0, 0.05) is 12.8 Å². The standard InChI is InChI=1S/C13H26N2O2S/c1-18(16,17)13-3-2-9-15(10-6-13)11-12-4-7-14-8-5-12/h12-14H,2-11H2,1H3. The van der Waals surface area contributed by atoms with E-state index in [4.69, 9.17) is 0 Å². The predicted octanol–water partition coefficient (Wildman–Crippen LogP) is 0.885. The number of piperidine rings is 1. The van der Waals surface area contributed by atoms with Gasteiger partial charge in [-0.2, -0.15) is 0 Å². The molecule has 4 nitrogen and oxygen atoms in total. The Morgan fingerprint density at radius 3 is 2.50 bits per heavy atom. The summed E-state index contributed by atoms with van der Waals surface area (Å²) in [5.41, 5.74) is 0. The zero-order valence-electron chi connectivity index (χ0n) is 11.4. The molecule has 106 valence electrons. The summed E-state index contributed by atoms with van der Waals surface area (Å²) in [5.74, 6) is 0.807. The molecule has 0 aliphatic carbocycles. The van der Waals surface area contributed by atoms with Crippen LogP contribution in [-0.2, 0) is 9.84 Å². The largest absolute Gasteiger partial charge is 0.317 e. The molecule has 0 aromatic heterocycles. The highest BCUT2D eigenvalue weighted by molar-refractivity contribution is 7.91. The van der Waals surface area contributed by atoms with Gasteiger partial charge in [0.15, 0.2) is 0 Å². The molecule has 0 radical (unpaired) electrons. The molecule has 2 rings (SSSR count). The molecule has 1 unspecified atom stereocenters. The SMILES string of the molecule is CS(=O)(=O)C1CCCN(CC2CCNCC2)CC1. The van der Waals surface area contributed by atoms with Crippen LogP contribution >= 0.6 is 0 Å². The molecule has 2 heterocycles. The third kappa shape index (κ3) is 4.21. The average Bonchev–Trinajstić information content (AvgIpc) is 2.55. The molecule has 0 bridgehead atoms. The second kappa shape index (κ2) is 6.35. The van der Waals surface area contributed by atoms with Crippen LogP contribution in [0.3, 0.4) is 0 Å². The van der Waals surface area contributed by atoms with Crippen molar-refractivity contribution in [1.29, 1.82) is 0 Å². The molecular weight excluding hydrogens is 248 g/mol. The van der Waals surface area contributed by atoms with Gasteiger partial charge in [-0.3, -0.25) is 0 Å². The first-order chi connectivity index (χ1) is 8.55. The predicted molar refractivity (Wildman–Crippen MR) is 74.5 cm³/mol. The molecule has 2 aliphatic heterocycles. The first kappa shape index (κ1) is 14.3. The van der Waals surface area contributed by atoms with Gasteiger partial charge < -0.3 is 10.2 Å². The number of nitrogens with one attached hydrogen (secondary N) is 1. The minimum atomic E-state index is -2.84. The van der Waals surface area contributed by atoms with Crippen molar-refractivity contribution in [2.45, 2.75) is 37.4 Å². The summed E-state index contributed by atoms with van der Waals surface area (Å²) >= 11 is 0. The van der Waals surface area contributed by atoms with Gasteiger partial charge in [0.25, 0.3) is 0 Å². The fraction of sp³-hybridized carbons (Fsp3) is 1.00. The van der Waals surface area contributed by atoms with Crippen LogP contribution in [0, 0.1) is 5.92 Å². The Hall–Kier alpha value is -0.130. The van der Waals surface area contributed by atoms with Gasteiger partial charge in [0.2, 0.25) is 0 Å².